The molecule has 2 heterocycles. The van der Waals surface area contributed by atoms with Crippen LogP contribution >= 0.6 is 0 Å². The van der Waals surface area contributed by atoms with Crippen molar-refractivity contribution in [3.63, 3.8) is 0 Å². The smallest absolute Gasteiger partial charge is 0.131 e. The van der Waals surface area contributed by atoms with E-state index in [9.17, 15) is 4.39 Å². The van der Waals surface area contributed by atoms with Gasteiger partial charge in [-0.3, -0.25) is 9.97 Å². The van der Waals surface area contributed by atoms with Crippen molar-refractivity contribution in [1.82, 2.24) is 9.97 Å². The lowest BCUT2D eigenvalue weighted by molar-refractivity contribution is 0.631. The van der Waals surface area contributed by atoms with Crippen LogP contribution in [-0.4, -0.2) is 9.97 Å². The van der Waals surface area contributed by atoms with Crippen LogP contribution in [0.4, 0.5) is 4.39 Å². The van der Waals surface area contributed by atoms with E-state index in [4.69, 9.17) is 0 Å². The van der Waals surface area contributed by atoms with Gasteiger partial charge in [0.25, 0.3) is 0 Å². The monoisotopic (exact) mass is 250 g/mol. The van der Waals surface area contributed by atoms with Gasteiger partial charge in [-0.1, -0.05) is 18.2 Å². The molecule has 0 aliphatic rings. The van der Waals surface area contributed by atoms with Crippen LogP contribution in [0.1, 0.15) is 0 Å². The van der Waals surface area contributed by atoms with Crippen LogP contribution in [0.15, 0.2) is 67.3 Å². The Balaban J connectivity index is 2.12. The first-order chi connectivity index (χ1) is 9.34. The van der Waals surface area contributed by atoms with Gasteiger partial charge in [0.05, 0.1) is 0 Å². The highest BCUT2D eigenvalue weighted by atomic mass is 19.1. The summed E-state index contributed by atoms with van der Waals surface area (Å²) in [5.74, 6) is -0.249. The van der Waals surface area contributed by atoms with Crippen LogP contribution in [0.2, 0.25) is 0 Å². The molecule has 0 amide bonds. The van der Waals surface area contributed by atoms with E-state index in [-0.39, 0.29) is 5.82 Å². The average molecular weight is 250 g/mol. The molecule has 3 heteroatoms. The fraction of sp³-hybridized carbons (Fsp3) is 0. The Kier molecular flexibility index (Phi) is 3.02. The molecule has 0 spiro atoms. The molecule has 0 aliphatic heterocycles. The second kappa shape index (κ2) is 4.98. The molecule has 0 N–H and O–H groups in total. The third-order valence-electron chi connectivity index (χ3n) is 2.93. The van der Waals surface area contributed by atoms with Crippen LogP contribution in [-0.2, 0) is 0 Å². The van der Waals surface area contributed by atoms with Gasteiger partial charge in [0.15, 0.2) is 0 Å². The molecule has 19 heavy (non-hydrogen) atoms. The molecule has 3 aromatic rings. The maximum atomic E-state index is 13.9. The number of halogens is 1. The number of pyridine rings is 2. The zero-order chi connectivity index (χ0) is 13.1. The van der Waals surface area contributed by atoms with E-state index in [0.717, 1.165) is 16.7 Å². The zero-order valence-electron chi connectivity index (χ0n) is 10.1. The van der Waals surface area contributed by atoms with Gasteiger partial charge < -0.3 is 0 Å². The summed E-state index contributed by atoms with van der Waals surface area (Å²) in [6.45, 7) is 0. The lowest BCUT2D eigenvalue weighted by Crippen LogP contribution is -1.87. The van der Waals surface area contributed by atoms with Gasteiger partial charge in [0.2, 0.25) is 0 Å². The van der Waals surface area contributed by atoms with Crippen molar-refractivity contribution in [2.24, 2.45) is 0 Å². The molecule has 0 bridgehead atoms. The normalized spacial score (nSPS) is 10.4. The Morgan fingerprint density at radius 3 is 2.05 bits per heavy atom. The first kappa shape index (κ1) is 11.5. The summed E-state index contributed by atoms with van der Waals surface area (Å²) in [6.07, 6.45) is 6.81. The van der Waals surface area contributed by atoms with Gasteiger partial charge >= 0.3 is 0 Å². The van der Waals surface area contributed by atoms with Crippen molar-refractivity contribution in [1.29, 1.82) is 0 Å². The highest BCUT2D eigenvalue weighted by molar-refractivity contribution is 5.72. The fourth-order valence-corrected chi connectivity index (χ4v) is 1.98. The standard InChI is InChI=1S/C16H11FN2/c17-16-6-5-12(13-3-1-7-18-10-13)9-15(16)14-4-2-8-19-11-14/h1-11H. The van der Waals surface area contributed by atoms with E-state index >= 15 is 0 Å². The van der Waals surface area contributed by atoms with Gasteiger partial charge in [0.1, 0.15) is 5.82 Å². The number of nitrogens with zero attached hydrogens (tertiary/aromatic N) is 2. The topological polar surface area (TPSA) is 25.8 Å². The van der Waals surface area contributed by atoms with Crippen LogP contribution in [0.25, 0.3) is 22.3 Å². The summed E-state index contributed by atoms with van der Waals surface area (Å²) in [5.41, 5.74) is 3.22. The van der Waals surface area contributed by atoms with E-state index in [2.05, 4.69) is 9.97 Å². The molecule has 2 aromatic heterocycles. The van der Waals surface area contributed by atoms with E-state index in [1.165, 1.54) is 6.07 Å². The summed E-state index contributed by atoms with van der Waals surface area (Å²) >= 11 is 0. The minimum atomic E-state index is -0.249. The number of benzene rings is 1. The van der Waals surface area contributed by atoms with Crippen LogP contribution in [0.5, 0.6) is 0 Å². The van der Waals surface area contributed by atoms with Gasteiger partial charge in [-0.15, -0.1) is 0 Å². The second-order valence-corrected chi connectivity index (χ2v) is 4.18. The van der Waals surface area contributed by atoms with Gasteiger partial charge in [-0.25, -0.2) is 4.39 Å². The van der Waals surface area contributed by atoms with Crippen LogP contribution in [0, 0.1) is 5.82 Å². The molecular formula is C16H11FN2. The number of aromatic nitrogens is 2. The largest absolute Gasteiger partial charge is 0.264 e. The maximum absolute atomic E-state index is 13.9. The average Bonchev–Trinajstić information content (AvgIpc) is 2.49. The summed E-state index contributed by atoms with van der Waals surface area (Å²) < 4.78 is 13.9. The van der Waals surface area contributed by atoms with E-state index in [0.29, 0.717) is 5.56 Å². The Hall–Kier alpha value is -2.55. The highest BCUT2D eigenvalue weighted by Gasteiger charge is 2.07. The molecule has 0 atom stereocenters. The van der Waals surface area contributed by atoms with Crippen molar-refractivity contribution < 1.29 is 4.39 Å². The molecule has 0 radical (unpaired) electrons. The molecule has 0 saturated heterocycles. The number of hydrogen-bond donors (Lipinski definition) is 0. The lowest BCUT2D eigenvalue weighted by atomic mass is 10.0. The number of hydrogen-bond acceptors (Lipinski definition) is 2. The van der Waals surface area contributed by atoms with Crippen molar-refractivity contribution in [2.75, 3.05) is 0 Å². The van der Waals surface area contributed by atoms with Crippen LogP contribution < -0.4 is 0 Å². The molecule has 0 saturated carbocycles. The molecule has 0 fully saturated rings. The van der Waals surface area contributed by atoms with Gasteiger partial charge in [-0.05, 0) is 29.8 Å². The minimum absolute atomic E-state index is 0.249. The van der Waals surface area contributed by atoms with Crippen molar-refractivity contribution in [3.8, 4) is 22.3 Å². The van der Waals surface area contributed by atoms with Crippen LogP contribution in [0.3, 0.4) is 0 Å². The van der Waals surface area contributed by atoms with Crippen molar-refractivity contribution in [3.05, 3.63) is 73.1 Å². The molecule has 3 rings (SSSR count). The summed E-state index contributed by atoms with van der Waals surface area (Å²) in [6, 6.07) is 12.5. The summed E-state index contributed by atoms with van der Waals surface area (Å²) in [5, 5.41) is 0. The quantitative estimate of drug-likeness (QED) is 0.688. The van der Waals surface area contributed by atoms with E-state index in [1.807, 2.05) is 24.3 Å². The van der Waals surface area contributed by atoms with E-state index < -0.39 is 0 Å². The third kappa shape index (κ3) is 2.36. The maximum Gasteiger partial charge on any atom is 0.131 e. The lowest BCUT2D eigenvalue weighted by Gasteiger charge is -2.06. The summed E-state index contributed by atoms with van der Waals surface area (Å²) in [7, 11) is 0. The molecular weight excluding hydrogens is 239 g/mol. The zero-order valence-corrected chi connectivity index (χ0v) is 10.1. The van der Waals surface area contributed by atoms with E-state index in [1.54, 1.807) is 36.9 Å². The first-order valence-electron chi connectivity index (χ1n) is 5.95. The third-order valence-corrected chi connectivity index (χ3v) is 2.93. The predicted molar refractivity (Wildman–Crippen MR) is 72.9 cm³/mol. The summed E-state index contributed by atoms with van der Waals surface area (Å²) in [4.78, 5) is 8.11. The Labute approximate surface area is 110 Å². The molecule has 92 valence electrons. The molecule has 1 aromatic carbocycles. The van der Waals surface area contributed by atoms with Crippen molar-refractivity contribution >= 4 is 0 Å². The Morgan fingerprint density at radius 2 is 1.42 bits per heavy atom. The number of rotatable bonds is 2. The SMILES string of the molecule is Fc1ccc(-c2cccnc2)cc1-c1cccnc1. The molecule has 0 unspecified atom stereocenters. The molecule has 0 aliphatic carbocycles. The first-order valence-corrected chi connectivity index (χ1v) is 5.95. The van der Waals surface area contributed by atoms with Gasteiger partial charge in [0, 0.05) is 41.5 Å². The fourth-order valence-electron chi connectivity index (χ4n) is 1.98. The predicted octanol–water partition coefficient (Wildman–Crippen LogP) is 3.95. The minimum Gasteiger partial charge on any atom is -0.264 e. The second-order valence-electron chi connectivity index (χ2n) is 4.18. The highest BCUT2D eigenvalue weighted by Crippen LogP contribution is 2.27. The van der Waals surface area contributed by atoms with Gasteiger partial charge in [-0.2, -0.15) is 0 Å². The molecule has 2 nitrogen and oxygen atoms in total. The Morgan fingerprint density at radius 1 is 0.737 bits per heavy atom. The van der Waals surface area contributed by atoms with Crippen molar-refractivity contribution in [2.45, 2.75) is 0 Å². The Bertz CT molecular complexity index is 682.